The molecule has 3 rings (SSSR count). The van der Waals surface area contributed by atoms with Crippen molar-refractivity contribution in [2.45, 2.75) is 6.92 Å². The van der Waals surface area contributed by atoms with Crippen LogP contribution in [0.5, 0.6) is 5.88 Å². The van der Waals surface area contributed by atoms with Crippen molar-refractivity contribution < 1.29 is 18.4 Å². The molecule has 0 fully saturated rings. The third kappa shape index (κ3) is 3.51. The van der Waals surface area contributed by atoms with Crippen LogP contribution in [0.3, 0.4) is 0 Å². The molecule has 0 radical (unpaired) electrons. The maximum atomic E-state index is 13.6. The van der Waals surface area contributed by atoms with Gasteiger partial charge in [0.05, 0.1) is 5.56 Å². The number of benzene rings is 1. The molecule has 9 heteroatoms. The molecule has 23 heavy (non-hydrogen) atoms. The molecular weight excluding hydrogens is 305 g/mol. The quantitative estimate of drug-likeness (QED) is 0.744. The van der Waals surface area contributed by atoms with E-state index in [-0.39, 0.29) is 29.8 Å². The third-order valence-corrected chi connectivity index (χ3v) is 2.82. The molecule has 0 unspecified atom stereocenters. The number of hydrogen-bond donors (Lipinski definition) is 2. The van der Waals surface area contributed by atoms with Gasteiger partial charge in [0.25, 0.3) is 11.8 Å². The van der Waals surface area contributed by atoms with Crippen molar-refractivity contribution >= 4 is 11.9 Å². The van der Waals surface area contributed by atoms with E-state index < -0.39 is 11.7 Å². The van der Waals surface area contributed by atoms with Gasteiger partial charge in [-0.1, -0.05) is 12.1 Å². The topological polar surface area (TPSA) is 106 Å². The van der Waals surface area contributed by atoms with Gasteiger partial charge in [0.15, 0.2) is 12.4 Å². The number of carbonyl (C=O) groups excluding carboxylic acids is 1. The van der Waals surface area contributed by atoms with Crippen LogP contribution in [0.1, 0.15) is 5.76 Å². The summed E-state index contributed by atoms with van der Waals surface area (Å²) >= 11 is 0. The zero-order valence-electron chi connectivity index (χ0n) is 12.0. The van der Waals surface area contributed by atoms with E-state index in [1.165, 1.54) is 6.07 Å². The summed E-state index contributed by atoms with van der Waals surface area (Å²) in [5, 5.41) is 12.4. The summed E-state index contributed by atoms with van der Waals surface area (Å²) in [5.74, 6) is 0.0965. The van der Waals surface area contributed by atoms with Crippen LogP contribution in [-0.2, 0) is 4.79 Å². The second-order valence-corrected chi connectivity index (χ2v) is 4.60. The molecule has 2 heterocycles. The molecule has 1 aromatic carbocycles. The van der Waals surface area contributed by atoms with Gasteiger partial charge in [-0.2, -0.15) is 4.98 Å². The lowest BCUT2D eigenvalue weighted by Gasteiger charge is -2.01. The molecule has 118 valence electrons. The summed E-state index contributed by atoms with van der Waals surface area (Å²) in [5.41, 5.74) is 0.259. The van der Waals surface area contributed by atoms with Crippen molar-refractivity contribution in [1.29, 1.82) is 0 Å². The summed E-state index contributed by atoms with van der Waals surface area (Å²) in [6.07, 6.45) is 0. The van der Waals surface area contributed by atoms with Gasteiger partial charge in [-0.15, -0.1) is 5.10 Å². The zero-order valence-corrected chi connectivity index (χ0v) is 12.0. The number of halogens is 1. The minimum atomic E-state index is -0.482. The molecule has 0 aliphatic carbocycles. The van der Waals surface area contributed by atoms with Crippen LogP contribution in [0.4, 0.5) is 10.3 Å². The van der Waals surface area contributed by atoms with Gasteiger partial charge in [0.1, 0.15) is 11.6 Å². The molecule has 3 aromatic rings. The SMILES string of the molecule is Cc1cc(OCC(=O)Nc2n[nH]c(-c3ccccc3F)n2)no1. The molecule has 1 amide bonds. The van der Waals surface area contributed by atoms with Gasteiger partial charge < -0.3 is 9.26 Å². The number of ether oxygens (including phenoxy) is 1. The van der Waals surface area contributed by atoms with Gasteiger partial charge >= 0.3 is 0 Å². The van der Waals surface area contributed by atoms with Crippen LogP contribution in [0.15, 0.2) is 34.9 Å². The second-order valence-electron chi connectivity index (χ2n) is 4.60. The molecular formula is C14H12FN5O3. The molecule has 2 aromatic heterocycles. The van der Waals surface area contributed by atoms with Crippen LogP contribution >= 0.6 is 0 Å². The van der Waals surface area contributed by atoms with Crippen LogP contribution < -0.4 is 10.1 Å². The predicted octanol–water partition coefficient (Wildman–Crippen LogP) is 1.92. The fourth-order valence-electron chi connectivity index (χ4n) is 1.80. The predicted molar refractivity (Wildman–Crippen MR) is 77.1 cm³/mol. The number of rotatable bonds is 5. The van der Waals surface area contributed by atoms with E-state index in [1.54, 1.807) is 31.2 Å². The van der Waals surface area contributed by atoms with E-state index in [0.29, 0.717) is 5.76 Å². The normalized spacial score (nSPS) is 10.5. The number of anilines is 1. The maximum absolute atomic E-state index is 13.6. The fourth-order valence-corrected chi connectivity index (χ4v) is 1.80. The number of aryl methyl sites for hydroxylation is 1. The molecule has 0 saturated carbocycles. The number of carbonyl (C=O) groups is 1. The first-order valence-electron chi connectivity index (χ1n) is 6.65. The summed E-state index contributed by atoms with van der Waals surface area (Å²) in [6, 6.07) is 7.66. The van der Waals surface area contributed by atoms with E-state index in [9.17, 15) is 9.18 Å². The highest BCUT2D eigenvalue weighted by Gasteiger charge is 2.12. The summed E-state index contributed by atoms with van der Waals surface area (Å²) in [4.78, 5) is 15.8. The minimum absolute atomic E-state index is 0.0215. The number of nitrogens with zero attached hydrogens (tertiary/aromatic N) is 3. The average Bonchev–Trinajstić information content (AvgIpc) is 3.15. The average molecular weight is 317 g/mol. The van der Waals surface area contributed by atoms with Crippen LogP contribution in [0.2, 0.25) is 0 Å². The van der Waals surface area contributed by atoms with Gasteiger partial charge in [-0.05, 0) is 24.2 Å². The first kappa shape index (κ1) is 14.7. The Labute approximate surface area is 129 Å². The number of hydrogen-bond acceptors (Lipinski definition) is 6. The summed E-state index contributed by atoms with van der Waals surface area (Å²) < 4.78 is 23.6. The second kappa shape index (κ2) is 6.26. The highest BCUT2D eigenvalue weighted by molar-refractivity contribution is 5.90. The Balaban J connectivity index is 1.60. The first-order chi connectivity index (χ1) is 11.1. The first-order valence-corrected chi connectivity index (χ1v) is 6.65. The molecule has 2 N–H and O–H groups in total. The highest BCUT2D eigenvalue weighted by atomic mass is 19.1. The van der Waals surface area contributed by atoms with E-state index in [2.05, 4.69) is 25.7 Å². The number of nitrogens with one attached hydrogen (secondary N) is 2. The fraction of sp³-hybridized carbons (Fsp3) is 0.143. The monoisotopic (exact) mass is 317 g/mol. The van der Waals surface area contributed by atoms with Gasteiger partial charge in [-0.3, -0.25) is 15.2 Å². The van der Waals surface area contributed by atoms with Crippen LogP contribution in [-0.4, -0.2) is 32.9 Å². The van der Waals surface area contributed by atoms with Crippen LogP contribution in [0, 0.1) is 12.7 Å². The minimum Gasteiger partial charge on any atom is -0.465 e. The summed E-state index contributed by atoms with van der Waals surface area (Å²) in [7, 11) is 0. The largest absolute Gasteiger partial charge is 0.465 e. The molecule has 0 aliphatic heterocycles. The Kier molecular flexibility index (Phi) is 4.00. The van der Waals surface area contributed by atoms with Crippen molar-refractivity contribution in [3.63, 3.8) is 0 Å². The van der Waals surface area contributed by atoms with Crippen LogP contribution in [0.25, 0.3) is 11.4 Å². The standard InChI is InChI=1S/C14H12FN5O3/c1-8-6-12(20-23-8)22-7-11(21)16-14-17-13(18-19-14)9-4-2-3-5-10(9)15/h2-6H,7H2,1H3,(H2,16,17,18,19,21). The number of aromatic amines is 1. The summed E-state index contributed by atoms with van der Waals surface area (Å²) in [6.45, 7) is 1.42. The highest BCUT2D eigenvalue weighted by Crippen LogP contribution is 2.19. The Morgan fingerprint density at radius 1 is 1.43 bits per heavy atom. The Bertz CT molecular complexity index is 829. The van der Waals surface area contributed by atoms with Crippen molar-refractivity contribution in [2.24, 2.45) is 0 Å². The Hall–Kier alpha value is -3.23. The van der Waals surface area contributed by atoms with E-state index in [0.717, 1.165) is 0 Å². The number of aromatic nitrogens is 4. The molecule has 0 spiro atoms. The number of amides is 1. The Morgan fingerprint density at radius 3 is 3.00 bits per heavy atom. The molecule has 8 nitrogen and oxygen atoms in total. The van der Waals surface area contributed by atoms with Crippen molar-refractivity contribution in [1.82, 2.24) is 20.3 Å². The smallest absolute Gasteiger partial charge is 0.264 e. The molecule has 0 bridgehead atoms. The van der Waals surface area contributed by atoms with E-state index in [1.807, 2.05) is 0 Å². The molecule has 0 aliphatic rings. The third-order valence-electron chi connectivity index (χ3n) is 2.82. The van der Waals surface area contributed by atoms with Gasteiger partial charge in [0.2, 0.25) is 5.95 Å². The molecule has 0 atom stereocenters. The van der Waals surface area contributed by atoms with Gasteiger partial charge in [0, 0.05) is 6.07 Å². The lowest BCUT2D eigenvalue weighted by molar-refractivity contribution is -0.118. The molecule has 0 saturated heterocycles. The van der Waals surface area contributed by atoms with E-state index in [4.69, 9.17) is 9.26 Å². The maximum Gasteiger partial charge on any atom is 0.264 e. The lowest BCUT2D eigenvalue weighted by Crippen LogP contribution is -2.20. The van der Waals surface area contributed by atoms with Crippen molar-refractivity contribution in [2.75, 3.05) is 11.9 Å². The van der Waals surface area contributed by atoms with Crippen molar-refractivity contribution in [3.8, 4) is 17.3 Å². The zero-order chi connectivity index (χ0) is 16.2. The van der Waals surface area contributed by atoms with Gasteiger partial charge in [-0.25, -0.2) is 4.39 Å². The van der Waals surface area contributed by atoms with Crippen molar-refractivity contribution in [3.05, 3.63) is 41.9 Å². The Morgan fingerprint density at radius 2 is 2.26 bits per heavy atom. The number of H-pyrrole nitrogens is 1. The lowest BCUT2D eigenvalue weighted by atomic mass is 10.2. The van der Waals surface area contributed by atoms with E-state index >= 15 is 0 Å².